The van der Waals surface area contributed by atoms with Crippen LogP contribution in [0.25, 0.3) is 5.57 Å². The monoisotopic (exact) mass is 308 g/mol. The summed E-state index contributed by atoms with van der Waals surface area (Å²) in [6.45, 7) is 16.4. The number of benzene rings is 2. The minimum Gasteiger partial charge on any atom is -0.289 e. The van der Waals surface area contributed by atoms with Gasteiger partial charge in [0.05, 0.1) is 0 Å². The summed E-state index contributed by atoms with van der Waals surface area (Å²) in [5.41, 5.74) is 6.67. The molecule has 0 radical (unpaired) electrons. The van der Waals surface area contributed by atoms with Crippen molar-refractivity contribution in [1.29, 1.82) is 0 Å². The van der Waals surface area contributed by atoms with Gasteiger partial charge in [0.1, 0.15) is 0 Å². The van der Waals surface area contributed by atoms with Crippen molar-refractivity contribution in [3.63, 3.8) is 0 Å². The first-order chi connectivity index (χ1) is 11.0. The van der Waals surface area contributed by atoms with Crippen molar-refractivity contribution in [2.45, 2.75) is 48.0 Å². The lowest BCUT2D eigenvalue weighted by atomic mass is 9.81. The highest BCUT2D eigenvalue weighted by atomic mass is 16.1. The summed E-state index contributed by atoms with van der Waals surface area (Å²) in [5.74, 6) is 0.108. The molecule has 2 aromatic rings. The third kappa shape index (κ3) is 3.98. The summed E-state index contributed by atoms with van der Waals surface area (Å²) in [6, 6.07) is 11.9. The molecule has 0 N–H and O–H groups in total. The molecule has 0 heterocycles. The summed E-state index contributed by atoms with van der Waals surface area (Å²) in [7, 11) is 0. The van der Waals surface area contributed by atoms with E-state index in [1.165, 1.54) is 6.42 Å². The van der Waals surface area contributed by atoms with Crippen molar-refractivity contribution in [1.82, 2.24) is 0 Å². The Balaban J connectivity index is 0.000000477. The van der Waals surface area contributed by atoms with Crippen LogP contribution in [0.15, 0.2) is 43.0 Å². The Morgan fingerprint density at radius 1 is 0.783 bits per heavy atom. The molecule has 1 aliphatic carbocycles. The van der Waals surface area contributed by atoms with Crippen molar-refractivity contribution >= 4 is 11.4 Å². The average Bonchev–Trinajstić information content (AvgIpc) is 2.55. The van der Waals surface area contributed by atoms with E-state index in [0.717, 1.165) is 39.0 Å². The Bertz CT molecular complexity index is 646. The molecule has 0 spiro atoms. The van der Waals surface area contributed by atoms with E-state index in [4.69, 9.17) is 0 Å². The second kappa shape index (κ2) is 8.47. The molecule has 1 nitrogen and oxygen atoms in total. The zero-order valence-corrected chi connectivity index (χ0v) is 15.3. The minimum absolute atomic E-state index is 0.108. The van der Waals surface area contributed by atoms with Crippen LogP contribution in [0.1, 0.15) is 72.3 Å². The van der Waals surface area contributed by atoms with Crippen LogP contribution in [-0.2, 0) is 0 Å². The van der Waals surface area contributed by atoms with Gasteiger partial charge >= 0.3 is 0 Å². The Morgan fingerprint density at radius 2 is 1.22 bits per heavy atom. The van der Waals surface area contributed by atoms with Gasteiger partial charge in [0.15, 0.2) is 5.78 Å². The molecule has 0 amide bonds. The van der Waals surface area contributed by atoms with Gasteiger partial charge in [-0.1, -0.05) is 82.2 Å². The van der Waals surface area contributed by atoms with Crippen LogP contribution in [0.4, 0.5) is 0 Å². The van der Waals surface area contributed by atoms with Crippen LogP contribution >= 0.6 is 0 Å². The molecule has 2 aromatic carbocycles. The highest BCUT2D eigenvalue weighted by Crippen LogP contribution is 2.35. The molecule has 0 atom stereocenters. The lowest BCUT2D eigenvalue weighted by Crippen LogP contribution is -2.14. The largest absolute Gasteiger partial charge is 0.289 e. The molecule has 0 bridgehead atoms. The first-order valence-corrected chi connectivity index (χ1v) is 8.45. The van der Waals surface area contributed by atoms with Gasteiger partial charge in [0.25, 0.3) is 0 Å². The summed E-state index contributed by atoms with van der Waals surface area (Å²) in [6.07, 6.45) is 1.25. The zero-order valence-electron chi connectivity index (χ0n) is 15.3. The van der Waals surface area contributed by atoms with Crippen LogP contribution in [0, 0.1) is 13.8 Å². The van der Waals surface area contributed by atoms with Gasteiger partial charge in [-0.15, -0.1) is 0 Å². The number of carbonyl (C=O) groups excluding carboxylic acids is 1. The van der Waals surface area contributed by atoms with Gasteiger partial charge in [-0.3, -0.25) is 4.79 Å². The predicted molar refractivity (Wildman–Crippen MR) is 101 cm³/mol. The van der Waals surface area contributed by atoms with Crippen molar-refractivity contribution in [3.8, 4) is 0 Å². The molecule has 0 aromatic heterocycles. The molecule has 122 valence electrons. The SMILES string of the molecule is C=C1c2cc(C)ccc2C(=O)c2cc(C)ccc21.CC.CCC. The van der Waals surface area contributed by atoms with Crippen LogP contribution in [0.5, 0.6) is 0 Å². The molecular weight excluding hydrogens is 280 g/mol. The van der Waals surface area contributed by atoms with E-state index in [1.807, 2.05) is 64.1 Å². The molecule has 1 aliphatic rings. The number of hydrogen-bond donors (Lipinski definition) is 0. The molecule has 0 fully saturated rings. The van der Waals surface area contributed by atoms with Gasteiger partial charge in [-0.05, 0) is 36.6 Å². The second-order valence-corrected chi connectivity index (χ2v) is 5.61. The van der Waals surface area contributed by atoms with Gasteiger partial charge in [0.2, 0.25) is 0 Å². The van der Waals surface area contributed by atoms with Crippen molar-refractivity contribution < 1.29 is 4.79 Å². The normalized spacial score (nSPS) is 11.4. The van der Waals surface area contributed by atoms with Crippen molar-refractivity contribution in [3.05, 3.63) is 76.4 Å². The lowest BCUT2D eigenvalue weighted by Gasteiger charge is -2.21. The standard InChI is InChI=1S/C17H14O.C3H8.C2H6/c1-10-5-7-14-15(8-10)12(3)13-6-4-11(2)9-16(13)17(14)18;1-3-2;1-2/h4-9H,3H2,1-2H3;3H2,1-2H3;1-2H3. The maximum atomic E-state index is 12.5. The summed E-state index contributed by atoms with van der Waals surface area (Å²) >= 11 is 0. The summed E-state index contributed by atoms with van der Waals surface area (Å²) in [5, 5.41) is 0. The fraction of sp³-hybridized carbons (Fsp3) is 0.318. The molecule has 0 saturated carbocycles. The number of carbonyl (C=O) groups is 1. The molecule has 0 unspecified atom stereocenters. The van der Waals surface area contributed by atoms with E-state index < -0.39 is 0 Å². The molecule has 23 heavy (non-hydrogen) atoms. The van der Waals surface area contributed by atoms with Gasteiger partial charge in [0, 0.05) is 11.1 Å². The first kappa shape index (κ1) is 18.9. The Hall–Kier alpha value is -2.15. The first-order valence-electron chi connectivity index (χ1n) is 8.45. The molecule has 0 saturated heterocycles. The fourth-order valence-corrected chi connectivity index (χ4v) is 2.51. The smallest absolute Gasteiger partial charge is 0.194 e. The van der Waals surface area contributed by atoms with Gasteiger partial charge in [-0.25, -0.2) is 0 Å². The zero-order chi connectivity index (χ0) is 17.6. The van der Waals surface area contributed by atoms with Gasteiger partial charge in [-0.2, -0.15) is 0 Å². The second-order valence-electron chi connectivity index (χ2n) is 5.61. The van der Waals surface area contributed by atoms with E-state index in [0.29, 0.717) is 0 Å². The highest BCUT2D eigenvalue weighted by molar-refractivity contribution is 6.18. The van der Waals surface area contributed by atoms with E-state index in [-0.39, 0.29) is 5.78 Å². The van der Waals surface area contributed by atoms with E-state index in [2.05, 4.69) is 20.4 Å². The van der Waals surface area contributed by atoms with E-state index in [9.17, 15) is 4.79 Å². The number of fused-ring (bicyclic) bond motifs is 2. The lowest BCUT2D eigenvalue weighted by molar-refractivity contribution is 0.103. The predicted octanol–water partition coefficient (Wildman–Crippen LogP) is 6.35. The van der Waals surface area contributed by atoms with E-state index >= 15 is 0 Å². The fourth-order valence-electron chi connectivity index (χ4n) is 2.51. The molecular formula is C22H28O. The van der Waals surface area contributed by atoms with Crippen LogP contribution < -0.4 is 0 Å². The topological polar surface area (TPSA) is 17.1 Å². The maximum Gasteiger partial charge on any atom is 0.194 e. The maximum absolute atomic E-state index is 12.5. The number of aryl methyl sites for hydroxylation is 2. The van der Waals surface area contributed by atoms with Crippen molar-refractivity contribution in [2.24, 2.45) is 0 Å². The third-order valence-electron chi connectivity index (χ3n) is 3.49. The Labute approximate surface area is 141 Å². The van der Waals surface area contributed by atoms with Crippen molar-refractivity contribution in [2.75, 3.05) is 0 Å². The van der Waals surface area contributed by atoms with Crippen LogP contribution in [0.3, 0.4) is 0 Å². The number of hydrogen-bond acceptors (Lipinski definition) is 1. The number of ketones is 1. The molecule has 1 heteroatoms. The summed E-state index contributed by atoms with van der Waals surface area (Å²) in [4.78, 5) is 12.5. The number of rotatable bonds is 0. The van der Waals surface area contributed by atoms with Crippen LogP contribution in [-0.4, -0.2) is 5.78 Å². The minimum atomic E-state index is 0.108. The Morgan fingerprint density at radius 3 is 1.74 bits per heavy atom. The summed E-state index contributed by atoms with van der Waals surface area (Å²) < 4.78 is 0. The third-order valence-corrected chi connectivity index (χ3v) is 3.49. The van der Waals surface area contributed by atoms with Gasteiger partial charge < -0.3 is 0 Å². The molecule has 3 rings (SSSR count). The average molecular weight is 308 g/mol. The Kier molecular flexibility index (Phi) is 6.96. The molecule has 0 aliphatic heterocycles. The van der Waals surface area contributed by atoms with Crippen LogP contribution in [0.2, 0.25) is 0 Å². The quantitative estimate of drug-likeness (QED) is 0.473. The highest BCUT2D eigenvalue weighted by Gasteiger charge is 2.25. The van der Waals surface area contributed by atoms with E-state index in [1.54, 1.807) is 0 Å².